The number of carbonyl (C=O) groups is 2. The minimum atomic E-state index is -0.850. The van der Waals surface area contributed by atoms with Crippen molar-refractivity contribution >= 4 is 11.9 Å². The molecule has 4 nitrogen and oxygen atoms in total. The van der Waals surface area contributed by atoms with Crippen LogP contribution in [0.3, 0.4) is 0 Å². The monoisotopic (exact) mass is 282 g/mol. The van der Waals surface area contributed by atoms with Crippen LogP contribution in [0.25, 0.3) is 0 Å². The molecule has 0 fully saturated rings. The zero-order chi connectivity index (χ0) is 15.8. The van der Waals surface area contributed by atoms with Crippen LogP contribution in [0.15, 0.2) is 36.6 Å². The highest BCUT2D eigenvalue weighted by Gasteiger charge is 1.98. The van der Waals surface area contributed by atoms with Crippen molar-refractivity contribution in [3.8, 4) is 0 Å². The Morgan fingerprint density at radius 2 is 1.90 bits per heavy atom. The molecule has 0 aliphatic carbocycles. The maximum atomic E-state index is 10.6. The molecule has 0 aromatic rings. The topological polar surface area (TPSA) is 63.6 Å². The van der Waals surface area contributed by atoms with Gasteiger partial charge in [-0.2, -0.15) is 0 Å². The van der Waals surface area contributed by atoms with Gasteiger partial charge in [-0.15, -0.1) is 0 Å². The third-order valence-corrected chi connectivity index (χ3v) is 2.33. The molecule has 0 heterocycles. The van der Waals surface area contributed by atoms with E-state index in [4.69, 9.17) is 5.11 Å². The average Bonchev–Trinajstić information content (AvgIpc) is 2.38. The summed E-state index contributed by atoms with van der Waals surface area (Å²) in [6.07, 6.45) is 12.2. The predicted molar refractivity (Wildman–Crippen MR) is 81.3 cm³/mol. The molecule has 0 bridgehead atoms. The second kappa shape index (κ2) is 15.2. The van der Waals surface area contributed by atoms with Crippen molar-refractivity contribution in [3.63, 3.8) is 0 Å². The fourth-order valence-corrected chi connectivity index (χ4v) is 1.31. The van der Waals surface area contributed by atoms with Crippen molar-refractivity contribution in [1.29, 1.82) is 0 Å². The van der Waals surface area contributed by atoms with Crippen molar-refractivity contribution < 1.29 is 19.4 Å². The quantitative estimate of drug-likeness (QED) is 0.238. The minimum Gasteiger partial charge on any atom is -0.478 e. The molecular weight excluding hydrogens is 256 g/mol. The molecule has 4 heteroatoms. The summed E-state index contributed by atoms with van der Waals surface area (Å²) in [6, 6.07) is 0. The lowest BCUT2D eigenvalue weighted by Gasteiger charge is -1.95. The molecule has 0 saturated carbocycles. The van der Waals surface area contributed by atoms with Crippen molar-refractivity contribution in [2.45, 2.75) is 52.9 Å². The van der Waals surface area contributed by atoms with Crippen LogP contribution < -0.4 is 0 Å². The maximum Gasteiger partial charge on any atom is 0.335 e. The maximum absolute atomic E-state index is 10.6. The number of hydrogen-bond donors (Lipinski definition) is 1. The Kier molecular flexibility index (Phi) is 15.6. The van der Waals surface area contributed by atoms with Crippen LogP contribution in [-0.2, 0) is 14.3 Å². The molecule has 0 amide bonds. The highest BCUT2D eigenvalue weighted by molar-refractivity contribution is 5.89. The summed E-state index contributed by atoms with van der Waals surface area (Å²) >= 11 is 0. The number of allylic oxidation sites excluding steroid dienone is 2. The Morgan fingerprint density at radius 3 is 2.25 bits per heavy atom. The number of aliphatic carboxylic acids is 1. The van der Waals surface area contributed by atoms with Crippen LogP contribution in [0.1, 0.15) is 52.9 Å². The number of esters is 1. The Morgan fingerprint density at radius 1 is 1.25 bits per heavy atom. The van der Waals surface area contributed by atoms with E-state index in [2.05, 4.69) is 18.2 Å². The molecule has 0 atom stereocenters. The second-order valence-electron chi connectivity index (χ2n) is 4.08. The average molecular weight is 282 g/mol. The number of rotatable bonds is 8. The standard InChI is InChI=1S/C12H20O2.C4H6O2/c1-3-5-6-7-8-9-10-11(4-2)12(13)14;1-3-6-4(2)5/h4,9-10H,3,5-8H2,1-2H3,(H,13,14);3H,1H2,2H3. The molecule has 0 aliphatic heterocycles. The van der Waals surface area contributed by atoms with Gasteiger partial charge in [0, 0.05) is 6.92 Å². The summed E-state index contributed by atoms with van der Waals surface area (Å²) < 4.78 is 4.17. The normalized spacial score (nSPS) is 10.7. The van der Waals surface area contributed by atoms with E-state index in [9.17, 15) is 9.59 Å². The van der Waals surface area contributed by atoms with Gasteiger partial charge in [-0.3, -0.25) is 4.79 Å². The minimum absolute atomic E-state index is 0.329. The highest BCUT2D eigenvalue weighted by Crippen LogP contribution is 2.04. The van der Waals surface area contributed by atoms with Gasteiger partial charge in [0.15, 0.2) is 0 Å². The molecule has 1 N–H and O–H groups in total. The zero-order valence-corrected chi connectivity index (χ0v) is 12.7. The van der Waals surface area contributed by atoms with E-state index >= 15 is 0 Å². The van der Waals surface area contributed by atoms with Gasteiger partial charge in [-0.05, 0) is 19.8 Å². The van der Waals surface area contributed by atoms with Gasteiger partial charge in [0.05, 0.1) is 11.8 Å². The predicted octanol–water partition coefficient (Wildman–Crippen LogP) is 4.24. The van der Waals surface area contributed by atoms with E-state index < -0.39 is 5.97 Å². The third kappa shape index (κ3) is 16.2. The van der Waals surface area contributed by atoms with Gasteiger partial charge in [0.2, 0.25) is 0 Å². The molecule has 0 aromatic heterocycles. The van der Waals surface area contributed by atoms with Crippen molar-refractivity contribution in [3.05, 3.63) is 36.6 Å². The summed E-state index contributed by atoms with van der Waals surface area (Å²) in [5, 5.41) is 8.69. The van der Waals surface area contributed by atoms with Crippen LogP contribution in [0.2, 0.25) is 0 Å². The molecule has 114 valence electrons. The molecule has 0 aromatic carbocycles. The number of carboxylic acid groups (broad SMARTS) is 1. The van der Waals surface area contributed by atoms with Gasteiger partial charge in [0.25, 0.3) is 0 Å². The van der Waals surface area contributed by atoms with Crippen LogP contribution in [-0.4, -0.2) is 17.0 Å². The van der Waals surface area contributed by atoms with E-state index in [1.807, 2.05) is 6.08 Å². The number of carboxylic acids is 1. The summed E-state index contributed by atoms with van der Waals surface area (Å²) in [7, 11) is 0. The molecule has 0 radical (unpaired) electrons. The molecule has 0 rings (SSSR count). The second-order valence-corrected chi connectivity index (χ2v) is 4.08. The summed E-state index contributed by atoms with van der Waals surface area (Å²) in [5.74, 6) is -1.18. The van der Waals surface area contributed by atoms with Crippen LogP contribution in [0, 0.1) is 0 Å². The molecular formula is C16H26O4. The van der Waals surface area contributed by atoms with Crippen molar-refractivity contribution in [2.24, 2.45) is 0 Å². The van der Waals surface area contributed by atoms with E-state index in [1.54, 1.807) is 19.1 Å². The molecule has 0 aliphatic rings. The lowest BCUT2D eigenvalue weighted by molar-refractivity contribution is -0.135. The molecule has 20 heavy (non-hydrogen) atoms. The van der Waals surface area contributed by atoms with Gasteiger partial charge in [-0.1, -0.05) is 51.0 Å². The molecule has 0 spiro atoms. The first-order chi connectivity index (χ1) is 9.49. The first kappa shape index (κ1) is 20.5. The lowest BCUT2D eigenvalue weighted by Crippen LogP contribution is -1.96. The summed E-state index contributed by atoms with van der Waals surface area (Å²) in [6.45, 7) is 8.40. The highest BCUT2D eigenvalue weighted by atomic mass is 16.5. The van der Waals surface area contributed by atoms with Gasteiger partial charge in [-0.25, -0.2) is 4.79 Å². The Hall–Kier alpha value is -1.84. The Labute approximate surface area is 121 Å². The SMILES string of the molecule is C=COC(C)=O.CC=C(C=CCCCCCC)C(=O)O. The van der Waals surface area contributed by atoms with Crippen LogP contribution in [0.5, 0.6) is 0 Å². The zero-order valence-electron chi connectivity index (χ0n) is 12.7. The van der Waals surface area contributed by atoms with Gasteiger partial charge in [0.1, 0.15) is 0 Å². The fraction of sp³-hybridized carbons (Fsp3) is 0.500. The largest absolute Gasteiger partial charge is 0.478 e. The van der Waals surface area contributed by atoms with Gasteiger partial charge < -0.3 is 9.84 Å². The fourth-order valence-electron chi connectivity index (χ4n) is 1.31. The lowest BCUT2D eigenvalue weighted by atomic mass is 10.1. The first-order valence-electron chi connectivity index (χ1n) is 6.83. The van der Waals surface area contributed by atoms with Crippen LogP contribution >= 0.6 is 0 Å². The third-order valence-electron chi connectivity index (χ3n) is 2.33. The van der Waals surface area contributed by atoms with E-state index in [0.29, 0.717) is 5.57 Å². The van der Waals surface area contributed by atoms with E-state index in [0.717, 1.165) is 19.1 Å². The van der Waals surface area contributed by atoms with Crippen molar-refractivity contribution in [2.75, 3.05) is 0 Å². The van der Waals surface area contributed by atoms with E-state index in [1.165, 1.54) is 26.2 Å². The van der Waals surface area contributed by atoms with Gasteiger partial charge >= 0.3 is 11.9 Å². The Balaban J connectivity index is 0. The number of ether oxygens (including phenoxy) is 1. The number of carbonyl (C=O) groups excluding carboxylic acids is 1. The first-order valence-corrected chi connectivity index (χ1v) is 6.83. The number of unbranched alkanes of at least 4 members (excludes halogenated alkanes) is 4. The molecule has 0 unspecified atom stereocenters. The summed E-state index contributed by atoms with van der Waals surface area (Å²) in [4.78, 5) is 20.3. The summed E-state index contributed by atoms with van der Waals surface area (Å²) in [5.41, 5.74) is 0.375. The van der Waals surface area contributed by atoms with E-state index in [-0.39, 0.29) is 5.97 Å². The smallest absolute Gasteiger partial charge is 0.335 e. The van der Waals surface area contributed by atoms with Crippen LogP contribution in [0.4, 0.5) is 0 Å². The number of hydrogen-bond acceptors (Lipinski definition) is 3. The Bertz CT molecular complexity index is 340. The van der Waals surface area contributed by atoms with Crippen molar-refractivity contribution in [1.82, 2.24) is 0 Å². The molecule has 0 saturated heterocycles.